The summed E-state index contributed by atoms with van der Waals surface area (Å²) in [5, 5.41) is 0.786. The van der Waals surface area contributed by atoms with Crippen LogP contribution >= 0.6 is 11.3 Å². The zero-order valence-electron chi connectivity index (χ0n) is 18.1. The van der Waals surface area contributed by atoms with Crippen LogP contribution in [0, 0.1) is 6.92 Å². The molecule has 1 fully saturated rings. The van der Waals surface area contributed by atoms with E-state index in [-0.39, 0.29) is 11.8 Å². The van der Waals surface area contributed by atoms with Gasteiger partial charge >= 0.3 is 0 Å². The maximum atomic E-state index is 12.5. The van der Waals surface area contributed by atoms with Crippen molar-refractivity contribution < 1.29 is 9.59 Å². The fourth-order valence-electron chi connectivity index (χ4n) is 3.69. The molecule has 2 N–H and O–H groups in total. The molecule has 1 aromatic heterocycles. The first-order chi connectivity index (χ1) is 15.6. The van der Waals surface area contributed by atoms with Crippen molar-refractivity contribution in [1.82, 2.24) is 20.7 Å². The van der Waals surface area contributed by atoms with Gasteiger partial charge in [0.05, 0.1) is 5.69 Å². The van der Waals surface area contributed by atoms with Crippen LogP contribution in [0.15, 0.2) is 60.7 Å². The molecule has 0 spiro atoms. The van der Waals surface area contributed by atoms with Crippen molar-refractivity contribution in [1.29, 1.82) is 0 Å². The van der Waals surface area contributed by atoms with Gasteiger partial charge in [0.1, 0.15) is 9.88 Å². The second-order valence-electron chi connectivity index (χ2n) is 7.72. The van der Waals surface area contributed by atoms with Crippen LogP contribution in [-0.2, 0) is 4.79 Å². The maximum absolute atomic E-state index is 12.5. The van der Waals surface area contributed by atoms with Gasteiger partial charge in [0.25, 0.3) is 5.91 Å². The summed E-state index contributed by atoms with van der Waals surface area (Å²) in [6.45, 7) is 6.18. The Morgan fingerprint density at radius 1 is 0.938 bits per heavy atom. The lowest BCUT2D eigenvalue weighted by molar-refractivity contribution is -0.122. The van der Waals surface area contributed by atoms with Gasteiger partial charge in [-0.05, 0) is 19.1 Å². The Balaban J connectivity index is 1.20. The number of aryl methyl sites for hydroxylation is 1. The first kappa shape index (κ1) is 22.0. The molecule has 0 radical (unpaired) electrons. The van der Waals surface area contributed by atoms with E-state index in [4.69, 9.17) is 0 Å². The molecule has 0 aliphatic carbocycles. The Kier molecular flexibility index (Phi) is 7.14. The summed E-state index contributed by atoms with van der Waals surface area (Å²) in [7, 11) is 0. The minimum Gasteiger partial charge on any atom is -0.369 e. The minimum absolute atomic E-state index is 0.200. The average Bonchev–Trinajstić information content (AvgIpc) is 3.24. The number of carbonyl (C=O) groups is 2. The van der Waals surface area contributed by atoms with Crippen LogP contribution in [-0.4, -0.2) is 54.4 Å². The summed E-state index contributed by atoms with van der Waals surface area (Å²) < 4.78 is 0. The van der Waals surface area contributed by atoms with Crippen LogP contribution in [0.2, 0.25) is 0 Å². The van der Waals surface area contributed by atoms with Crippen LogP contribution in [0.3, 0.4) is 0 Å². The van der Waals surface area contributed by atoms with E-state index in [0.717, 1.165) is 36.8 Å². The number of hydrazine groups is 1. The molecule has 2 amide bonds. The normalized spacial score (nSPS) is 14.2. The molecule has 2 heterocycles. The highest BCUT2D eigenvalue weighted by atomic mass is 32.1. The number of hydrogen-bond donors (Lipinski definition) is 2. The van der Waals surface area contributed by atoms with E-state index in [1.165, 1.54) is 17.0 Å². The van der Waals surface area contributed by atoms with Gasteiger partial charge in [0.15, 0.2) is 0 Å². The smallest absolute Gasteiger partial charge is 0.281 e. The van der Waals surface area contributed by atoms with E-state index in [9.17, 15) is 9.59 Å². The van der Waals surface area contributed by atoms with Crippen LogP contribution in [0.5, 0.6) is 0 Å². The van der Waals surface area contributed by atoms with Crippen molar-refractivity contribution in [3.8, 4) is 10.6 Å². The number of aromatic nitrogens is 1. The number of benzene rings is 2. The Hall–Kier alpha value is -3.23. The van der Waals surface area contributed by atoms with Gasteiger partial charge < -0.3 is 4.90 Å². The van der Waals surface area contributed by atoms with Crippen LogP contribution < -0.4 is 15.8 Å². The van der Waals surface area contributed by atoms with Crippen molar-refractivity contribution >= 4 is 28.8 Å². The van der Waals surface area contributed by atoms with Crippen molar-refractivity contribution in [2.75, 3.05) is 37.6 Å². The summed E-state index contributed by atoms with van der Waals surface area (Å²) in [5.74, 6) is -0.540. The first-order valence-electron chi connectivity index (χ1n) is 10.7. The largest absolute Gasteiger partial charge is 0.369 e. The number of thiazole rings is 1. The van der Waals surface area contributed by atoms with Gasteiger partial charge in [-0.15, -0.1) is 11.3 Å². The zero-order chi connectivity index (χ0) is 22.3. The topological polar surface area (TPSA) is 77.6 Å². The van der Waals surface area contributed by atoms with Crippen LogP contribution in [0.1, 0.15) is 21.8 Å². The minimum atomic E-state index is -0.341. The first-order valence-corrected chi connectivity index (χ1v) is 11.6. The second kappa shape index (κ2) is 10.4. The Bertz CT molecular complexity index is 1050. The lowest BCUT2D eigenvalue weighted by Crippen LogP contribution is -2.48. The van der Waals surface area contributed by atoms with E-state index in [1.54, 1.807) is 6.92 Å². The number of anilines is 1. The molecular formula is C24H27N5O2S. The highest BCUT2D eigenvalue weighted by Crippen LogP contribution is 2.27. The molecule has 1 saturated heterocycles. The van der Waals surface area contributed by atoms with Gasteiger partial charge in [-0.25, -0.2) is 4.98 Å². The molecule has 4 rings (SSSR count). The van der Waals surface area contributed by atoms with Gasteiger partial charge in [-0.3, -0.25) is 25.3 Å². The third kappa shape index (κ3) is 5.52. The molecule has 32 heavy (non-hydrogen) atoms. The van der Waals surface area contributed by atoms with Gasteiger partial charge in [-0.1, -0.05) is 48.5 Å². The number of para-hydroxylation sites is 1. The second-order valence-corrected chi connectivity index (χ2v) is 8.72. The number of nitrogens with zero attached hydrogens (tertiary/aromatic N) is 3. The lowest BCUT2D eigenvalue weighted by Gasteiger charge is -2.36. The molecule has 0 bridgehead atoms. The van der Waals surface area contributed by atoms with E-state index in [1.807, 2.05) is 36.4 Å². The maximum Gasteiger partial charge on any atom is 0.281 e. The molecule has 0 atom stereocenters. The Morgan fingerprint density at radius 2 is 1.59 bits per heavy atom. The molecule has 2 aromatic carbocycles. The monoisotopic (exact) mass is 449 g/mol. The molecule has 7 nitrogen and oxygen atoms in total. The molecular weight excluding hydrogens is 422 g/mol. The summed E-state index contributed by atoms with van der Waals surface area (Å²) in [4.78, 5) is 34.4. The standard InChI is InChI=1S/C24H27N5O2S/c1-18-22(32-24(25-18)19-8-4-2-5-9-19)23(31)27-26-21(30)12-13-28-14-16-29(17-15-28)20-10-6-3-7-11-20/h2-11H,12-17H2,1H3,(H,26,30)(H,27,31). The van der Waals surface area contributed by atoms with Crippen LogP contribution in [0.25, 0.3) is 10.6 Å². The van der Waals surface area contributed by atoms with Crippen molar-refractivity contribution in [2.24, 2.45) is 0 Å². The number of piperazine rings is 1. The van der Waals surface area contributed by atoms with E-state index in [0.29, 0.717) is 23.5 Å². The van der Waals surface area contributed by atoms with Gasteiger partial charge in [-0.2, -0.15) is 0 Å². The van der Waals surface area contributed by atoms with E-state index >= 15 is 0 Å². The number of rotatable bonds is 6. The third-order valence-corrected chi connectivity index (χ3v) is 6.69. The molecule has 166 valence electrons. The number of amides is 2. The number of nitrogens with one attached hydrogen (secondary N) is 2. The van der Waals surface area contributed by atoms with Gasteiger partial charge in [0.2, 0.25) is 5.91 Å². The van der Waals surface area contributed by atoms with Crippen molar-refractivity contribution in [3.63, 3.8) is 0 Å². The molecule has 3 aromatic rings. The molecule has 1 aliphatic rings. The summed E-state index contributed by atoms with van der Waals surface area (Å²) in [6.07, 6.45) is 0.336. The third-order valence-electron chi connectivity index (χ3n) is 5.49. The molecule has 1 aliphatic heterocycles. The Morgan fingerprint density at radius 3 is 2.28 bits per heavy atom. The van der Waals surface area contributed by atoms with Crippen LogP contribution in [0.4, 0.5) is 5.69 Å². The molecule has 0 saturated carbocycles. The summed E-state index contributed by atoms with van der Waals surface area (Å²) in [5.41, 5.74) is 7.92. The summed E-state index contributed by atoms with van der Waals surface area (Å²) >= 11 is 1.32. The predicted molar refractivity (Wildman–Crippen MR) is 128 cm³/mol. The fourth-order valence-corrected chi connectivity index (χ4v) is 4.65. The highest BCUT2D eigenvalue weighted by Gasteiger charge is 2.19. The zero-order valence-corrected chi connectivity index (χ0v) is 18.9. The van der Waals surface area contributed by atoms with Crippen molar-refractivity contribution in [3.05, 3.63) is 71.2 Å². The Labute approximate surface area is 192 Å². The quantitative estimate of drug-likeness (QED) is 0.566. The SMILES string of the molecule is Cc1nc(-c2ccccc2)sc1C(=O)NNC(=O)CCN1CCN(c2ccccc2)CC1. The number of hydrogen-bond acceptors (Lipinski definition) is 6. The van der Waals surface area contributed by atoms with Gasteiger partial charge in [0, 0.05) is 50.4 Å². The predicted octanol–water partition coefficient (Wildman–Crippen LogP) is 3.09. The van der Waals surface area contributed by atoms with Crippen molar-refractivity contribution in [2.45, 2.75) is 13.3 Å². The lowest BCUT2D eigenvalue weighted by atomic mass is 10.2. The molecule has 8 heteroatoms. The van der Waals surface area contributed by atoms with E-state index in [2.05, 4.69) is 49.9 Å². The molecule has 0 unspecified atom stereocenters. The fraction of sp³-hybridized carbons (Fsp3) is 0.292. The average molecular weight is 450 g/mol. The number of carbonyl (C=O) groups excluding carboxylic acids is 2. The highest BCUT2D eigenvalue weighted by molar-refractivity contribution is 7.17. The van der Waals surface area contributed by atoms with E-state index < -0.39 is 0 Å². The summed E-state index contributed by atoms with van der Waals surface area (Å²) in [6, 6.07) is 20.1.